The molecule has 4 heterocycles. The van der Waals surface area contributed by atoms with Crippen molar-refractivity contribution in [2.75, 3.05) is 51.0 Å². The maximum atomic E-state index is 12.9. The third-order valence-corrected chi connectivity index (χ3v) is 6.83. The fraction of sp³-hybridized carbons (Fsp3) is 0.609. The van der Waals surface area contributed by atoms with Gasteiger partial charge in [-0.15, -0.1) is 0 Å². The summed E-state index contributed by atoms with van der Waals surface area (Å²) in [6.07, 6.45) is 6.22. The maximum Gasteiger partial charge on any atom is 0.300 e. The van der Waals surface area contributed by atoms with E-state index in [4.69, 9.17) is 9.47 Å². The molecule has 1 aromatic carbocycles. The summed E-state index contributed by atoms with van der Waals surface area (Å²) in [6, 6.07) is 3.36. The minimum absolute atomic E-state index is 0.0649. The molecule has 0 saturated carbocycles. The Morgan fingerprint density at radius 1 is 0.903 bits per heavy atom. The molecule has 2 saturated heterocycles. The molecule has 4 aliphatic rings. The number of carbonyl (C=O) groups is 3. The van der Waals surface area contributed by atoms with Gasteiger partial charge in [-0.2, -0.15) is 0 Å². The number of nitrogens with zero attached hydrogens (tertiary/aromatic N) is 3. The van der Waals surface area contributed by atoms with Crippen molar-refractivity contribution in [1.82, 2.24) is 9.80 Å². The molecule has 0 atom stereocenters. The summed E-state index contributed by atoms with van der Waals surface area (Å²) in [4.78, 5) is 43.9. The molecule has 0 unspecified atom stereocenters. The minimum atomic E-state index is -0.514. The van der Waals surface area contributed by atoms with Crippen LogP contribution in [0.3, 0.4) is 0 Å². The average Bonchev–Trinajstić information content (AvgIpc) is 3.00. The van der Waals surface area contributed by atoms with E-state index >= 15 is 0 Å². The van der Waals surface area contributed by atoms with Gasteiger partial charge in [0.05, 0.1) is 17.9 Å². The summed E-state index contributed by atoms with van der Waals surface area (Å²) in [6.45, 7) is 4.48. The van der Waals surface area contributed by atoms with Gasteiger partial charge in [0, 0.05) is 38.2 Å². The van der Waals surface area contributed by atoms with Crippen molar-refractivity contribution < 1.29 is 23.9 Å². The molecule has 5 rings (SSSR count). The zero-order chi connectivity index (χ0) is 21.4. The highest BCUT2D eigenvalue weighted by atomic mass is 16.6. The first-order valence-electron chi connectivity index (χ1n) is 11.4. The van der Waals surface area contributed by atoms with Crippen LogP contribution in [0.5, 0.6) is 11.5 Å². The Bertz CT molecular complexity index is 885. The lowest BCUT2D eigenvalue weighted by Crippen LogP contribution is -2.47. The third kappa shape index (κ3) is 3.89. The number of benzene rings is 1. The summed E-state index contributed by atoms with van der Waals surface area (Å²) < 4.78 is 11.2. The van der Waals surface area contributed by atoms with Crippen LogP contribution >= 0.6 is 0 Å². The highest BCUT2D eigenvalue weighted by molar-refractivity contribution is 6.52. The highest BCUT2D eigenvalue weighted by Crippen LogP contribution is 2.40. The topological polar surface area (TPSA) is 79.4 Å². The predicted molar refractivity (Wildman–Crippen MR) is 113 cm³/mol. The first kappa shape index (κ1) is 20.3. The van der Waals surface area contributed by atoms with Crippen molar-refractivity contribution in [2.24, 2.45) is 5.92 Å². The molecule has 0 spiro atoms. The molecule has 31 heavy (non-hydrogen) atoms. The van der Waals surface area contributed by atoms with E-state index in [9.17, 15) is 14.4 Å². The number of piperidine rings is 1. The molecule has 0 aliphatic carbocycles. The number of amides is 2. The van der Waals surface area contributed by atoms with E-state index in [1.165, 1.54) is 17.7 Å². The number of hydrogen-bond acceptors (Lipinski definition) is 6. The zero-order valence-electron chi connectivity index (χ0n) is 17.8. The molecule has 0 radical (unpaired) electrons. The molecule has 0 N–H and O–H groups in total. The number of Topliss-reactive ketones (excluding diaryl/α,β-unsaturated/α-hetero) is 1. The summed E-state index contributed by atoms with van der Waals surface area (Å²) >= 11 is 0. The van der Waals surface area contributed by atoms with Gasteiger partial charge in [-0.3, -0.25) is 24.2 Å². The molecule has 4 aliphatic heterocycles. The van der Waals surface area contributed by atoms with Crippen LogP contribution in [0.2, 0.25) is 0 Å². The number of carbonyl (C=O) groups excluding carboxylic acids is 3. The van der Waals surface area contributed by atoms with E-state index in [0.29, 0.717) is 48.5 Å². The Morgan fingerprint density at radius 2 is 1.55 bits per heavy atom. The van der Waals surface area contributed by atoms with Crippen molar-refractivity contribution in [2.45, 2.75) is 38.5 Å². The molecule has 166 valence electrons. The van der Waals surface area contributed by atoms with E-state index in [1.807, 2.05) is 0 Å². The Kier molecular flexibility index (Phi) is 5.56. The number of rotatable bonds is 3. The van der Waals surface area contributed by atoms with Gasteiger partial charge < -0.3 is 14.4 Å². The SMILES string of the molecule is O=C1C(=O)N(CN2CCC(C(=O)N3CCCCCC3)CC2)c2cc3c(cc21)OCCO3. The number of ketones is 1. The Morgan fingerprint density at radius 3 is 2.23 bits per heavy atom. The van der Waals surface area contributed by atoms with Crippen molar-refractivity contribution in [3.8, 4) is 11.5 Å². The monoisotopic (exact) mass is 427 g/mol. The second-order valence-electron chi connectivity index (χ2n) is 8.85. The van der Waals surface area contributed by atoms with Crippen molar-refractivity contribution in [3.63, 3.8) is 0 Å². The van der Waals surface area contributed by atoms with Crippen LogP contribution in [0, 0.1) is 5.92 Å². The van der Waals surface area contributed by atoms with Crippen molar-refractivity contribution >= 4 is 23.3 Å². The average molecular weight is 428 g/mol. The van der Waals surface area contributed by atoms with E-state index < -0.39 is 11.7 Å². The molecule has 8 nitrogen and oxygen atoms in total. The van der Waals surface area contributed by atoms with Gasteiger partial charge >= 0.3 is 5.91 Å². The smallest absolute Gasteiger partial charge is 0.300 e. The number of likely N-dealkylation sites (tertiary alicyclic amines) is 2. The van der Waals surface area contributed by atoms with Gasteiger partial charge in [-0.25, -0.2) is 0 Å². The van der Waals surface area contributed by atoms with Crippen LogP contribution in [0.1, 0.15) is 48.9 Å². The Hall–Kier alpha value is -2.61. The van der Waals surface area contributed by atoms with Crippen LogP contribution in [0.25, 0.3) is 0 Å². The van der Waals surface area contributed by atoms with E-state index in [-0.39, 0.29) is 5.92 Å². The molecule has 1 aromatic rings. The lowest BCUT2D eigenvalue weighted by atomic mass is 9.95. The van der Waals surface area contributed by atoms with E-state index in [2.05, 4.69) is 9.80 Å². The van der Waals surface area contributed by atoms with Crippen LogP contribution in [0.15, 0.2) is 12.1 Å². The molecular formula is C23H29N3O5. The highest BCUT2D eigenvalue weighted by Gasteiger charge is 2.39. The second kappa shape index (κ2) is 8.49. The molecule has 2 amide bonds. The van der Waals surface area contributed by atoms with Crippen molar-refractivity contribution in [3.05, 3.63) is 17.7 Å². The fourth-order valence-electron chi connectivity index (χ4n) is 5.04. The number of anilines is 1. The lowest BCUT2D eigenvalue weighted by molar-refractivity contribution is -0.137. The summed E-state index contributed by atoms with van der Waals surface area (Å²) in [7, 11) is 0. The van der Waals surface area contributed by atoms with Gasteiger partial charge in [-0.1, -0.05) is 12.8 Å². The lowest BCUT2D eigenvalue weighted by Gasteiger charge is -2.35. The molecule has 0 aromatic heterocycles. The van der Waals surface area contributed by atoms with Crippen LogP contribution in [-0.4, -0.2) is 73.5 Å². The first-order valence-corrected chi connectivity index (χ1v) is 11.4. The van der Waals surface area contributed by atoms with Gasteiger partial charge in [0.25, 0.3) is 5.78 Å². The van der Waals surface area contributed by atoms with Gasteiger partial charge in [0.1, 0.15) is 13.2 Å². The van der Waals surface area contributed by atoms with E-state index in [1.54, 1.807) is 12.1 Å². The normalized spacial score (nSPS) is 22.5. The van der Waals surface area contributed by atoms with Crippen molar-refractivity contribution in [1.29, 1.82) is 0 Å². The number of ether oxygens (including phenoxy) is 2. The van der Waals surface area contributed by atoms with E-state index in [0.717, 1.165) is 51.9 Å². The first-order chi connectivity index (χ1) is 15.1. The van der Waals surface area contributed by atoms with Gasteiger partial charge in [-0.05, 0) is 31.7 Å². The third-order valence-electron chi connectivity index (χ3n) is 6.83. The summed E-state index contributed by atoms with van der Waals surface area (Å²) in [5.74, 6) is 0.427. The van der Waals surface area contributed by atoms with Crippen LogP contribution in [0.4, 0.5) is 5.69 Å². The van der Waals surface area contributed by atoms with Gasteiger partial charge in [0.2, 0.25) is 5.91 Å². The Balaban J connectivity index is 1.23. The quantitative estimate of drug-likeness (QED) is 0.687. The largest absolute Gasteiger partial charge is 0.486 e. The van der Waals surface area contributed by atoms with Crippen LogP contribution < -0.4 is 14.4 Å². The second-order valence-corrected chi connectivity index (χ2v) is 8.85. The summed E-state index contributed by atoms with van der Waals surface area (Å²) in [5, 5.41) is 0. The number of hydrogen-bond donors (Lipinski definition) is 0. The maximum absolute atomic E-state index is 12.9. The minimum Gasteiger partial charge on any atom is -0.486 e. The van der Waals surface area contributed by atoms with Crippen LogP contribution in [-0.2, 0) is 9.59 Å². The molecular weight excluding hydrogens is 398 g/mol. The Labute approximate surface area is 182 Å². The zero-order valence-corrected chi connectivity index (χ0v) is 17.8. The molecule has 8 heteroatoms. The molecule has 0 bridgehead atoms. The standard InChI is InChI=1S/C23H29N3O5/c27-21-17-13-19-20(31-12-11-30-19)14-18(17)26(23(21)29)15-24-9-5-16(6-10-24)22(28)25-7-3-1-2-4-8-25/h13-14,16H,1-12,15H2. The fourth-order valence-corrected chi connectivity index (χ4v) is 5.04. The molecule has 2 fully saturated rings. The summed E-state index contributed by atoms with van der Waals surface area (Å²) in [5.41, 5.74) is 0.961. The van der Waals surface area contributed by atoms with Gasteiger partial charge in [0.15, 0.2) is 11.5 Å². The predicted octanol–water partition coefficient (Wildman–Crippen LogP) is 2.06. The number of fused-ring (bicyclic) bond motifs is 2.